The Hall–Kier alpha value is -1.32. The molecular weight excluding hydrogens is 220 g/mol. The molecule has 0 aromatic rings. The van der Waals surface area contributed by atoms with Crippen LogP contribution < -0.4 is 0 Å². The lowest BCUT2D eigenvalue weighted by atomic mass is 10.0. The van der Waals surface area contributed by atoms with Crippen molar-refractivity contribution in [1.29, 1.82) is 0 Å². The molecule has 0 amide bonds. The van der Waals surface area contributed by atoms with E-state index in [1.54, 1.807) is 0 Å². The summed E-state index contributed by atoms with van der Waals surface area (Å²) in [5.74, 6) is -0.613. The van der Waals surface area contributed by atoms with E-state index in [1.165, 1.54) is 20.3 Å². The van der Waals surface area contributed by atoms with E-state index in [9.17, 15) is 9.59 Å². The molecule has 0 heterocycles. The highest BCUT2D eigenvalue weighted by atomic mass is 16.5. The number of unbranched alkanes of at least 4 members (excludes halogenated alkanes) is 2. The molecule has 4 heteroatoms. The molecule has 0 bridgehead atoms. The van der Waals surface area contributed by atoms with Gasteiger partial charge in [0.1, 0.15) is 0 Å². The van der Waals surface area contributed by atoms with Crippen LogP contribution in [0.3, 0.4) is 0 Å². The average molecular weight is 242 g/mol. The van der Waals surface area contributed by atoms with E-state index in [0.717, 1.165) is 31.3 Å². The van der Waals surface area contributed by atoms with Crippen molar-refractivity contribution in [2.75, 3.05) is 14.2 Å². The number of ether oxygens (including phenoxy) is 2. The SMILES string of the molecule is CCCCC/C(=C\C(=O)OC)CCC(=O)OC. The number of rotatable bonds is 8. The lowest BCUT2D eigenvalue weighted by molar-refractivity contribution is -0.140. The van der Waals surface area contributed by atoms with Gasteiger partial charge in [0, 0.05) is 12.5 Å². The Morgan fingerprint density at radius 2 is 1.71 bits per heavy atom. The molecule has 0 aliphatic carbocycles. The van der Waals surface area contributed by atoms with E-state index in [2.05, 4.69) is 16.4 Å². The van der Waals surface area contributed by atoms with Crippen molar-refractivity contribution in [3.05, 3.63) is 11.6 Å². The Kier molecular flexibility index (Phi) is 9.11. The second-order valence-corrected chi connectivity index (χ2v) is 3.86. The fourth-order valence-electron chi connectivity index (χ4n) is 1.46. The van der Waals surface area contributed by atoms with Gasteiger partial charge in [-0.1, -0.05) is 25.3 Å². The van der Waals surface area contributed by atoms with Gasteiger partial charge in [0.05, 0.1) is 14.2 Å². The van der Waals surface area contributed by atoms with E-state index in [-0.39, 0.29) is 11.9 Å². The highest BCUT2D eigenvalue weighted by Crippen LogP contribution is 2.15. The fourth-order valence-corrected chi connectivity index (χ4v) is 1.46. The van der Waals surface area contributed by atoms with E-state index >= 15 is 0 Å². The Labute approximate surface area is 103 Å². The topological polar surface area (TPSA) is 52.6 Å². The molecule has 0 fully saturated rings. The smallest absolute Gasteiger partial charge is 0.330 e. The predicted molar refractivity (Wildman–Crippen MR) is 65.5 cm³/mol. The van der Waals surface area contributed by atoms with Crippen LogP contribution in [0.4, 0.5) is 0 Å². The maximum absolute atomic E-state index is 11.2. The number of hydrogen-bond acceptors (Lipinski definition) is 4. The number of methoxy groups -OCH3 is 2. The van der Waals surface area contributed by atoms with Crippen LogP contribution in [0.1, 0.15) is 45.4 Å². The summed E-state index contributed by atoms with van der Waals surface area (Å²) in [4.78, 5) is 22.2. The van der Waals surface area contributed by atoms with Gasteiger partial charge >= 0.3 is 11.9 Å². The average Bonchev–Trinajstić information content (AvgIpc) is 2.35. The number of esters is 2. The zero-order valence-electron chi connectivity index (χ0n) is 11.0. The Morgan fingerprint density at radius 3 is 2.24 bits per heavy atom. The molecule has 17 heavy (non-hydrogen) atoms. The lowest BCUT2D eigenvalue weighted by Gasteiger charge is -2.06. The van der Waals surface area contributed by atoms with Gasteiger partial charge in [-0.15, -0.1) is 0 Å². The molecule has 0 saturated heterocycles. The third-order valence-corrected chi connectivity index (χ3v) is 2.50. The van der Waals surface area contributed by atoms with Gasteiger partial charge < -0.3 is 9.47 Å². The molecule has 0 radical (unpaired) electrons. The van der Waals surface area contributed by atoms with E-state index in [0.29, 0.717) is 12.8 Å². The van der Waals surface area contributed by atoms with Crippen LogP contribution in [0.25, 0.3) is 0 Å². The second kappa shape index (κ2) is 9.87. The minimum atomic E-state index is -0.360. The molecule has 0 aromatic carbocycles. The van der Waals surface area contributed by atoms with Gasteiger partial charge in [-0.3, -0.25) is 4.79 Å². The Balaban J connectivity index is 4.24. The van der Waals surface area contributed by atoms with Gasteiger partial charge in [-0.05, 0) is 19.3 Å². The van der Waals surface area contributed by atoms with Gasteiger partial charge in [-0.25, -0.2) is 4.79 Å². The van der Waals surface area contributed by atoms with Gasteiger partial charge in [0.15, 0.2) is 0 Å². The Bertz CT molecular complexity index is 269. The van der Waals surface area contributed by atoms with Crippen molar-refractivity contribution in [3.63, 3.8) is 0 Å². The van der Waals surface area contributed by atoms with Crippen LogP contribution in [0.5, 0.6) is 0 Å². The quantitative estimate of drug-likeness (QED) is 0.373. The third-order valence-electron chi connectivity index (χ3n) is 2.50. The van der Waals surface area contributed by atoms with E-state index in [4.69, 9.17) is 0 Å². The highest BCUT2D eigenvalue weighted by molar-refractivity contribution is 5.82. The molecule has 0 aliphatic rings. The molecule has 0 N–H and O–H groups in total. The minimum absolute atomic E-state index is 0.253. The first-order chi connectivity index (χ1) is 8.13. The molecule has 0 atom stereocenters. The second-order valence-electron chi connectivity index (χ2n) is 3.86. The molecule has 0 unspecified atom stereocenters. The lowest BCUT2D eigenvalue weighted by Crippen LogP contribution is -2.03. The number of carbonyl (C=O) groups is 2. The van der Waals surface area contributed by atoms with Crippen LogP contribution in [0.2, 0.25) is 0 Å². The zero-order chi connectivity index (χ0) is 13.1. The first kappa shape index (κ1) is 15.7. The van der Waals surface area contributed by atoms with Gasteiger partial charge in [0.25, 0.3) is 0 Å². The summed E-state index contributed by atoms with van der Waals surface area (Å²) in [5.41, 5.74) is 0.954. The summed E-state index contributed by atoms with van der Waals surface area (Å²) >= 11 is 0. The Morgan fingerprint density at radius 1 is 1.00 bits per heavy atom. The number of hydrogen-bond donors (Lipinski definition) is 0. The molecule has 0 aromatic heterocycles. The van der Waals surface area contributed by atoms with Crippen molar-refractivity contribution in [1.82, 2.24) is 0 Å². The maximum Gasteiger partial charge on any atom is 0.330 e. The van der Waals surface area contributed by atoms with Crippen LogP contribution in [-0.4, -0.2) is 26.2 Å². The summed E-state index contributed by atoms with van der Waals surface area (Å²) in [5, 5.41) is 0. The van der Waals surface area contributed by atoms with Crippen LogP contribution >= 0.6 is 0 Å². The zero-order valence-corrected chi connectivity index (χ0v) is 11.0. The van der Waals surface area contributed by atoms with Crippen molar-refractivity contribution >= 4 is 11.9 Å². The van der Waals surface area contributed by atoms with E-state index in [1.807, 2.05) is 0 Å². The van der Waals surface area contributed by atoms with Crippen LogP contribution in [-0.2, 0) is 19.1 Å². The minimum Gasteiger partial charge on any atom is -0.469 e. The van der Waals surface area contributed by atoms with Crippen LogP contribution in [0, 0.1) is 0 Å². The highest BCUT2D eigenvalue weighted by Gasteiger charge is 2.06. The molecule has 0 aliphatic heterocycles. The molecule has 98 valence electrons. The largest absolute Gasteiger partial charge is 0.469 e. The van der Waals surface area contributed by atoms with Crippen molar-refractivity contribution < 1.29 is 19.1 Å². The number of carbonyl (C=O) groups excluding carboxylic acids is 2. The first-order valence-corrected chi connectivity index (χ1v) is 5.98. The molecular formula is C13H22O4. The molecule has 0 rings (SSSR count). The molecule has 0 spiro atoms. The summed E-state index contributed by atoms with van der Waals surface area (Å²) in [6.07, 6.45) is 6.47. The van der Waals surface area contributed by atoms with Crippen molar-refractivity contribution in [3.8, 4) is 0 Å². The summed E-state index contributed by atoms with van der Waals surface area (Å²) in [6, 6.07) is 0. The summed E-state index contributed by atoms with van der Waals surface area (Å²) < 4.78 is 9.16. The number of allylic oxidation sites excluding steroid dienone is 1. The van der Waals surface area contributed by atoms with Gasteiger partial charge in [0.2, 0.25) is 0 Å². The van der Waals surface area contributed by atoms with Crippen molar-refractivity contribution in [2.45, 2.75) is 45.4 Å². The van der Waals surface area contributed by atoms with Crippen LogP contribution in [0.15, 0.2) is 11.6 Å². The maximum atomic E-state index is 11.2. The standard InChI is InChI=1S/C13H22O4/c1-4-5-6-7-11(10-13(15)17-3)8-9-12(14)16-2/h10H,4-9H2,1-3H3/b11-10+. The van der Waals surface area contributed by atoms with Crippen molar-refractivity contribution in [2.24, 2.45) is 0 Å². The third kappa shape index (κ3) is 8.48. The normalized spacial score (nSPS) is 11.1. The fraction of sp³-hybridized carbons (Fsp3) is 0.692. The summed E-state index contributed by atoms with van der Waals surface area (Å²) in [7, 11) is 2.71. The first-order valence-electron chi connectivity index (χ1n) is 5.98. The molecule has 4 nitrogen and oxygen atoms in total. The predicted octanol–water partition coefficient (Wildman–Crippen LogP) is 2.62. The summed E-state index contributed by atoms with van der Waals surface area (Å²) in [6.45, 7) is 2.12. The van der Waals surface area contributed by atoms with Gasteiger partial charge in [-0.2, -0.15) is 0 Å². The molecule has 0 saturated carbocycles. The van der Waals surface area contributed by atoms with E-state index < -0.39 is 0 Å². The monoisotopic (exact) mass is 242 g/mol.